The highest BCUT2D eigenvalue weighted by molar-refractivity contribution is 6.21. The molecule has 3 aromatic carbocycles. The molecule has 1 nitrogen and oxygen atoms in total. The van der Waals surface area contributed by atoms with Gasteiger partial charge in [0.15, 0.2) is 0 Å². The lowest BCUT2D eigenvalue weighted by atomic mass is 10.0. The van der Waals surface area contributed by atoms with E-state index in [2.05, 4.69) is 66.8 Å². The highest BCUT2D eigenvalue weighted by atomic mass is 35.5. The van der Waals surface area contributed by atoms with Gasteiger partial charge in [-0.15, -0.1) is 0 Å². The monoisotopic (exact) mass is 377 g/mol. The van der Waals surface area contributed by atoms with Crippen LogP contribution in [0.4, 0.5) is 0 Å². The van der Waals surface area contributed by atoms with E-state index in [9.17, 15) is 0 Å². The van der Waals surface area contributed by atoms with Crippen LogP contribution in [0, 0.1) is 0 Å². The number of alkyl halides is 1. The molecule has 3 rings (SSSR count). The van der Waals surface area contributed by atoms with E-state index in [-0.39, 0.29) is 5.50 Å². The van der Waals surface area contributed by atoms with E-state index < -0.39 is 0 Å². The van der Waals surface area contributed by atoms with Crippen LogP contribution in [0.1, 0.15) is 43.8 Å². The van der Waals surface area contributed by atoms with E-state index in [0.29, 0.717) is 0 Å². The van der Waals surface area contributed by atoms with Gasteiger partial charge in [-0.3, -0.25) is 0 Å². The van der Waals surface area contributed by atoms with Crippen molar-refractivity contribution in [3.05, 3.63) is 102 Å². The highest BCUT2D eigenvalue weighted by Crippen LogP contribution is 2.25. The third-order valence-electron chi connectivity index (χ3n) is 4.09. The lowest BCUT2D eigenvalue weighted by molar-refractivity contribution is 0.847. The van der Waals surface area contributed by atoms with Gasteiger partial charge in [0.25, 0.3) is 0 Å². The summed E-state index contributed by atoms with van der Waals surface area (Å²) in [4.78, 5) is 0. The summed E-state index contributed by atoms with van der Waals surface area (Å²) in [5.74, 6) is 0. The molecule has 3 aromatic rings. The Bertz CT molecular complexity index is 808. The van der Waals surface area contributed by atoms with E-state index >= 15 is 0 Å². The predicted octanol–water partition coefficient (Wildman–Crippen LogP) is 7.66. The number of halogens is 1. The van der Waals surface area contributed by atoms with Crippen molar-refractivity contribution in [1.82, 2.24) is 5.32 Å². The standard InChI is InChI=1S/C23H22ClN.C2H6/c1-2-9-22(25-23(24)21-12-7-4-8-13-21)20-16-14-19(15-17-20)18-10-5-3-6-11-18;1-2/h3-17,23,25H,2H2,1H3;1-2H3/b22-9+;. The maximum Gasteiger partial charge on any atom is 0.127 e. The summed E-state index contributed by atoms with van der Waals surface area (Å²) >= 11 is 6.56. The quantitative estimate of drug-likeness (QED) is 0.343. The lowest BCUT2D eigenvalue weighted by Crippen LogP contribution is -2.15. The van der Waals surface area contributed by atoms with Gasteiger partial charge in [0.2, 0.25) is 0 Å². The first-order valence-corrected chi connectivity index (χ1v) is 10.0. The van der Waals surface area contributed by atoms with Crippen LogP contribution in [0.15, 0.2) is 91.0 Å². The third-order valence-corrected chi connectivity index (χ3v) is 4.45. The number of nitrogens with one attached hydrogen (secondary N) is 1. The summed E-state index contributed by atoms with van der Waals surface area (Å²) in [5, 5.41) is 3.44. The Kier molecular flexibility index (Phi) is 8.67. The molecule has 140 valence electrons. The molecular weight excluding hydrogens is 350 g/mol. The number of allylic oxidation sites excluding steroid dienone is 1. The summed E-state index contributed by atoms with van der Waals surface area (Å²) in [6.07, 6.45) is 3.12. The number of benzene rings is 3. The van der Waals surface area contributed by atoms with Crippen molar-refractivity contribution in [1.29, 1.82) is 0 Å². The van der Waals surface area contributed by atoms with E-state index in [4.69, 9.17) is 11.6 Å². The average Bonchev–Trinajstić information content (AvgIpc) is 2.76. The van der Waals surface area contributed by atoms with Gasteiger partial charge in [-0.2, -0.15) is 0 Å². The van der Waals surface area contributed by atoms with Crippen LogP contribution in [-0.4, -0.2) is 0 Å². The second kappa shape index (κ2) is 11.3. The summed E-state index contributed by atoms with van der Waals surface area (Å²) in [6, 6.07) is 29.1. The summed E-state index contributed by atoms with van der Waals surface area (Å²) in [6.45, 7) is 6.13. The molecule has 0 aliphatic heterocycles. The zero-order valence-electron chi connectivity index (χ0n) is 16.3. The van der Waals surface area contributed by atoms with Gasteiger partial charge < -0.3 is 5.32 Å². The second-order valence-corrected chi connectivity index (χ2v) is 6.32. The van der Waals surface area contributed by atoms with Gasteiger partial charge in [0, 0.05) is 5.70 Å². The second-order valence-electron chi connectivity index (χ2n) is 5.89. The Hall–Kier alpha value is -2.51. The van der Waals surface area contributed by atoms with Gasteiger partial charge in [-0.1, -0.05) is 123 Å². The van der Waals surface area contributed by atoms with Crippen molar-refractivity contribution in [3.63, 3.8) is 0 Å². The normalized spacial score (nSPS) is 11.9. The van der Waals surface area contributed by atoms with Crippen molar-refractivity contribution < 1.29 is 0 Å². The number of hydrogen-bond acceptors (Lipinski definition) is 1. The zero-order valence-corrected chi connectivity index (χ0v) is 17.1. The van der Waals surface area contributed by atoms with Crippen LogP contribution in [0.25, 0.3) is 16.8 Å². The molecule has 27 heavy (non-hydrogen) atoms. The first-order chi connectivity index (χ1) is 13.3. The van der Waals surface area contributed by atoms with E-state index in [1.165, 1.54) is 11.1 Å². The molecule has 0 saturated heterocycles. The van der Waals surface area contributed by atoms with Gasteiger partial charge in [0.05, 0.1) is 0 Å². The van der Waals surface area contributed by atoms with Crippen molar-refractivity contribution in [2.75, 3.05) is 0 Å². The number of hydrogen-bond donors (Lipinski definition) is 1. The first-order valence-electron chi connectivity index (χ1n) is 9.59. The van der Waals surface area contributed by atoms with E-state index in [0.717, 1.165) is 23.2 Å². The fourth-order valence-corrected chi connectivity index (χ4v) is 3.04. The Morgan fingerprint density at radius 3 is 1.89 bits per heavy atom. The molecule has 0 spiro atoms. The molecule has 0 heterocycles. The van der Waals surface area contributed by atoms with Crippen molar-refractivity contribution in [3.8, 4) is 11.1 Å². The van der Waals surface area contributed by atoms with Crippen LogP contribution >= 0.6 is 11.6 Å². The van der Waals surface area contributed by atoms with Gasteiger partial charge in [-0.05, 0) is 28.7 Å². The molecule has 1 atom stereocenters. The summed E-state index contributed by atoms with van der Waals surface area (Å²) < 4.78 is 0. The Labute approximate surface area is 168 Å². The SMILES string of the molecule is CC.CC/C=C(/NC(Cl)c1ccccc1)c1ccc(-c2ccccc2)cc1. The molecule has 1 unspecified atom stereocenters. The molecule has 0 saturated carbocycles. The molecule has 0 amide bonds. The van der Waals surface area contributed by atoms with Crippen molar-refractivity contribution in [2.24, 2.45) is 0 Å². The largest absolute Gasteiger partial charge is 0.365 e. The van der Waals surface area contributed by atoms with Crippen molar-refractivity contribution >= 4 is 17.3 Å². The molecule has 0 aromatic heterocycles. The molecule has 1 N–H and O–H groups in total. The third kappa shape index (κ3) is 6.01. The molecule has 0 aliphatic rings. The van der Waals surface area contributed by atoms with Crippen LogP contribution in [-0.2, 0) is 0 Å². The lowest BCUT2D eigenvalue weighted by Gasteiger charge is -2.17. The Morgan fingerprint density at radius 2 is 1.33 bits per heavy atom. The van der Waals surface area contributed by atoms with Gasteiger partial charge in [0.1, 0.15) is 5.50 Å². The fourth-order valence-electron chi connectivity index (χ4n) is 2.78. The van der Waals surface area contributed by atoms with Crippen molar-refractivity contribution in [2.45, 2.75) is 32.7 Å². The van der Waals surface area contributed by atoms with Crippen LogP contribution < -0.4 is 5.32 Å². The van der Waals surface area contributed by atoms with E-state index in [1.54, 1.807) is 0 Å². The minimum absolute atomic E-state index is 0.257. The maximum absolute atomic E-state index is 6.56. The molecule has 0 radical (unpaired) electrons. The average molecular weight is 378 g/mol. The zero-order chi connectivity index (χ0) is 19.5. The van der Waals surface area contributed by atoms with Gasteiger partial charge in [-0.25, -0.2) is 0 Å². The van der Waals surface area contributed by atoms with E-state index in [1.807, 2.05) is 50.2 Å². The maximum atomic E-state index is 6.56. The smallest absolute Gasteiger partial charge is 0.127 e. The molecule has 2 heteroatoms. The molecule has 0 bridgehead atoms. The molecular formula is C25H28ClN. The predicted molar refractivity (Wildman–Crippen MR) is 120 cm³/mol. The highest BCUT2D eigenvalue weighted by Gasteiger charge is 2.10. The topological polar surface area (TPSA) is 12.0 Å². The Morgan fingerprint density at radius 1 is 0.815 bits per heavy atom. The Balaban J connectivity index is 0.00000126. The van der Waals surface area contributed by atoms with Crippen LogP contribution in [0.3, 0.4) is 0 Å². The van der Waals surface area contributed by atoms with Gasteiger partial charge >= 0.3 is 0 Å². The summed E-state index contributed by atoms with van der Waals surface area (Å²) in [7, 11) is 0. The van der Waals surface area contributed by atoms with Crippen LogP contribution in [0.5, 0.6) is 0 Å². The minimum Gasteiger partial charge on any atom is -0.365 e. The summed E-state index contributed by atoms with van der Waals surface area (Å²) in [5.41, 5.74) is 5.45. The molecule has 0 fully saturated rings. The first kappa shape index (κ1) is 20.8. The number of rotatable bonds is 6. The minimum atomic E-state index is -0.257. The molecule has 0 aliphatic carbocycles. The van der Waals surface area contributed by atoms with Crippen LogP contribution in [0.2, 0.25) is 0 Å². The fraction of sp³-hybridized carbons (Fsp3) is 0.200.